The Morgan fingerprint density at radius 3 is 2.30 bits per heavy atom. The van der Waals surface area contributed by atoms with Crippen molar-refractivity contribution in [3.63, 3.8) is 0 Å². The van der Waals surface area contributed by atoms with Gasteiger partial charge in [-0.2, -0.15) is 0 Å². The van der Waals surface area contributed by atoms with Gasteiger partial charge in [-0.05, 0) is 30.3 Å². The zero-order valence-electron chi connectivity index (χ0n) is 15.1. The van der Waals surface area contributed by atoms with Gasteiger partial charge < -0.3 is 20.1 Å². The van der Waals surface area contributed by atoms with Crippen molar-refractivity contribution in [1.82, 2.24) is 5.32 Å². The SMILES string of the molecule is COc1ccccc1CNCC(=O)Nc1ccccc1Oc1ccccc1. The molecule has 0 atom stereocenters. The number of nitrogens with one attached hydrogen (secondary N) is 2. The monoisotopic (exact) mass is 362 g/mol. The average molecular weight is 362 g/mol. The zero-order valence-corrected chi connectivity index (χ0v) is 15.1. The molecule has 0 aliphatic carbocycles. The Labute approximate surface area is 158 Å². The maximum Gasteiger partial charge on any atom is 0.238 e. The van der Waals surface area contributed by atoms with Crippen LogP contribution in [0.4, 0.5) is 5.69 Å². The van der Waals surface area contributed by atoms with Gasteiger partial charge >= 0.3 is 0 Å². The molecular formula is C22H22N2O3. The Morgan fingerprint density at radius 2 is 1.52 bits per heavy atom. The minimum Gasteiger partial charge on any atom is -0.496 e. The van der Waals surface area contributed by atoms with E-state index in [1.165, 1.54) is 0 Å². The summed E-state index contributed by atoms with van der Waals surface area (Å²) in [7, 11) is 1.63. The number of amides is 1. The van der Waals surface area contributed by atoms with Crippen LogP contribution in [0.15, 0.2) is 78.9 Å². The lowest BCUT2D eigenvalue weighted by Crippen LogP contribution is -2.28. The third kappa shape index (κ3) is 5.33. The van der Waals surface area contributed by atoms with Gasteiger partial charge in [0.05, 0.1) is 19.3 Å². The number of para-hydroxylation sites is 4. The van der Waals surface area contributed by atoms with Crippen molar-refractivity contribution in [2.75, 3.05) is 19.0 Å². The van der Waals surface area contributed by atoms with Crippen LogP contribution in [0, 0.1) is 0 Å². The number of carbonyl (C=O) groups excluding carboxylic acids is 1. The number of carbonyl (C=O) groups is 1. The lowest BCUT2D eigenvalue weighted by Gasteiger charge is -2.13. The van der Waals surface area contributed by atoms with Crippen molar-refractivity contribution in [1.29, 1.82) is 0 Å². The fraction of sp³-hybridized carbons (Fsp3) is 0.136. The van der Waals surface area contributed by atoms with Crippen molar-refractivity contribution in [3.8, 4) is 17.2 Å². The van der Waals surface area contributed by atoms with E-state index in [1.807, 2.05) is 78.9 Å². The highest BCUT2D eigenvalue weighted by Gasteiger charge is 2.09. The number of anilines is 1. The quantitative estimate of drug-likeness (QED) is 0.630. The molecule has 5 nitrogen and oxygen atoms in total. The van der Waals surface area contributed by atoms with Gasteiger partial charge in [0.15, 0.2) is 5.75 Å². The van der Waals surface area contributed by atoms with E-state index < -0.39 is 0 Å². The first kappa shape index (κ1) is 18.5. The van der Waals surface area contributed by atoms with Crippen LogP contribution >= 0.6 is 0 Å². The Morgan fingerprint density at radius 1 is 0.852 bits per heavy atom. The maximum absolute atomic E-state index is 12.3. The highest BCUT2D eigenvalue weighted by atomic mass is 16.5. The van der Waals surface area contributed by atoms with E-state index in [9.17, 15) is 4.79 Å². The lowest BCUT2D eigenvalue weighted by molar-refractivity contribution is -0.115. The van der Waals surface area contributed by atoms with E-state index in [2.05, 4.69) is 10.6 Å². The minimum absolute atomic E-state index is 0.144. The molecule has 5 heteroatoms. The van der Waals surface area contributed by atoms with E-state index in [4.69, 9.17) is 9.47 Å². The van der Waals surface area contributed by atoms with Crippen LogP contribution < -0.4 is 20.1 Å². The van der Waals surface area contributed by atoms with Crippen molar-refractivity contribution >= 4 is 11.6 Å². The summed E-state index contributed by atoms with van der Waals surface area (Å²) in [5, 5.41) is 6.02. The van der Waals surface area contributed by atoms with Crippen LogP contribution in [0.1, 0.15) is 5.56 Å². The average Bonchev–Trinajstić information content (AvgIpc) is 2.70. The standard InChI is InChI=1S/C22H22N2O3/c1-26-20-13-7-5-9-17(20)15-23-16-22(25)24-19-12-6-8-14-21(19)27-18-10-3-2-4-11-18/h2-14,23H,15-16H2,1H3,(H,24,25). The third-order valence-corrected chi connectivity index (χ3v) is 3.93. The maximum atomic E-state index is 12.3. The van der Waals surface area contributed by atoms with Crippen molar-refractivity contribution < 1.29 is 14.3 Å². The molecule has 0 spiro atoms. The molecule has 1 amide bonds. The highest BCUT2D eigenvalue weighted by molar-refractivity contribution is 5.93. The molecule has 27 heavy (non-hydrogen) atoms. The van der Waals surface area contributed by atoms with Gasteiger partial charge in [-0.25, -0.2) is 0 Å². The molecular weight excluding hydrogens is 340 g/mol. The number of ether oxygens (including phenoxy) is 2. The van der Waals surface area contributed by atoms with Gasteiger partial charge in [0, 0.05) is 12.1 Å². The number of hydrogen-bond acceptors (Lipinski definition) is 4. The number of hydrogen-bond donors (Lipinski definition) is 2. The van der Waals surface area contributed by atoms with Gasteiger partial charge in [0.1, 0.15) is 11.5 Å². The number of methoxy groups -OCH3 is 1. The van der Waals surface area contributed by atoms with Gasteiger partial charge in [0.2, 0.25) is 5.91 Å². The molecule has 3 aromatic rings. The fourth-order valence-electron chi connectivity index (χ4n) is 2.63. The summed E-state index contributed by atoms with van der Waals surface area (Å²) in [4.78, 5) is 12.3. The van der Waals surface area contributed by atoms with Crippen LogP contribution in [0.2, 0.25) is 0 Å². The summed E-state index contributed by atoms with van der Waals surface area (Å²) in [5.74, 6) is 1.97. The van der Waals surface area contributed by atoms with E-state index in [-0.39, 0.29) is 12.5 Å². The van der Waals surface area contributed by atoms with E-state index >= 15 is 0 Å². The van der Waals surface area contributed by atoms with Crippen LogP contribution in [0.3, 0.4) is 0 Å². The topological polar surface area (TPSA) is 59.6 Å². The molecule has 0 radical (unpaired) electrons. The van der Waals surface area contributed by atoms with Gasteiger partial charge in [-0.15, -0.1) is 0 Å². The summed E-state index contributed by atoms with van der Waals surface area (Å²) in [6, 6.07) is 24.5. The van der Waals surface area contributed by atoms with Crippen molar-refractivity contribution in [2.45, 2.75) is 6.54 Å². The zero-order chi connectivity index (χ0) is 18.9. The summed E-state index contributed by atoms with van der Waals surface area (Å²) in [6.45, 7) is 0.720. The number of benzene rings is 3. The van der Waals surface area contributed by atoms with Gasteiger partial charge in [-0.1, -0.05) is 48.5 Å². The predicted octanol–water partition coefficient (Wildman–Crippen LogP) is 4.22. The normalized spacial score (nSPS) is 10.3. The second-order valence-corrected chi connectivity index (χ2v) is 5.87. The van der Waals surface area contributed by atoms with Gasteiger partial charge in [0.25, 0.3) is 0 Å². The van der Waals surface area contributed by atoms with E-state index in [1.54, 1.807) is 7.11 Å². The molecule has 2 N–H and O–H groups in total. The molecule has 0 unspecified atom stereocenters. The molecule has 0 saturated heterocycles. The minimum atomic E-state index is -0.144. The van der Waals surface area contributed by atoms with Crippen LogP contribution in [0.5, 0.6) is 17.2 Å². The summed E-state index contributed by atoms with van der Waals surface area (Å²) >= 11 is 0. The van der Waals surface area contributed by atoms with Gasteiger partial charge in [-0.3, -0.25) is 4.79 Å². The molecule has 0 bridgehead atoms. The molecule has 0 aliphatic rings. The second kappa shape index (κ2) is 9.40. The Kier molecular flexibility index (Phi) is 6.44. The largest absolute Gasteiger partial charge is 0.496 e. The summed E-state index contributed by atoms with van der Waals surface area (Å²) < 4.78 is 11.2. The fourth-order valence-corrected chi connectivity index (χ4v) is 2.63. The smallest absolute Gasteiger partial charge is 0.238 e. The Hall–Kier alpha value is -3.31. The second-order valence-electron chi connectivity index (χ2n) is 5.87. The molecule has 138 valence electrons. The molecule has 3 rings (SSSR count). The van der Waals surface area contributed by atoms with Crippen molar-refractivity contribution in [2.24, 2.45) is 0 Å². The Bertz CT molecular complexity index is 881. The third-order valence-electron chi connectivity index (χ3n) is 3.93. The summed E-state index contributed by atoms with van der Waals surface area (Å²) in [5.41, 5.74) is 1.63. The van der Waals surface area contributed by atoms with Crippen LogP contribution in [-0.4, -0.2) is 19.6 Å². The summed E-state index contributed by atoms with van der Waals surface area (Å²) in [6.07, 6.45) is 0. The lowest BCUT2D eigenvalue weighted by atomic mass is 10.2. The first-order valence-electron chi connectivity index (χ1n) is 8.70. The molecule has 0 heterocycles. The van der Waals surface area contributed by atoms with Crippen LogP contribution in [0.25, 0.3) is 0 Å². The highest BCUT2D eigenvalue weighted by Crippen LogP contribution is 2.28. The van der Waals surface area contributed by atoms with Crippen LogP contribution in [-0.2, 0) is 11.3 Å². The first-order valence-corrected chi connectivity index (χ1v) is 8.70. The number of rotatable bonds is 8. The molecule has 3 aromatic carbocycles. The molecule has 0 saturated carbocycles. The predicted molar refractivity (Wildman–Crippen MR) is 106 cm³/mol. The Balaban J connectivity index is 1.56. The van der Waals surface area contributed by atoms with E-state index in [0.717, 1.165) is 11.3 Å². The molecule has 0 aliphatic heterocycles. The first-order chi connectivity index (χ1) is 13.3. The van der Waals surface area contributed by atoms with E-state index in [0.29, 0.717) is 23.7 Å². The van der Waals surface area contributed by atoms with Crippen molar-refractivity contribution in [3.05, 3.63) is 84.4 Å². The molecule has 0 aromatic heterocycles. The molecule has 0 fully saturated rings.